The van der Waals surface area contributed by atoms with Gasteiger partial charge in [0.05, 0.1) is 23.5 Å². The van der Waals surface area contributed by atoms with Gasteiger partial charge >= 0.3 is 5.97 Å². The lowest BCUT2D eigenvalue weighted by Crippen LogP contribution is -2.30. The maximum Gasteiger partial charge on any atom is 0.312 e. The maximum atomic E-state index is 11.0. The molecule has 0 saturated carbocycles. The topological polar surface area (TPSA) is 98.9 Å². The van der Waals surface area contributed by atoms with Crippen LogP contribution in [0.15, 0.2) is 18.2 Å². The molecule has 7 nitrogen and oxygen atoms in total. The van der Waals surface area contributed by atoms with E-state index in [0.717, 1.165) is 0 Å². The zero-order chi connectivity index (χ0) is 14.6. The molecule has 1 N–H and O–H groups in total. The predicted octanol–water partition coefficient (Wildman–Crippen LogP) is 2.09. The number of carboxylic acid groups (broad SMARTS) is 1. The van der Waals surface area contributed by atoms with Crippen LogP contribution >= 0.6 is 0 Å². The van der Waals surface area contributed by atoms with Gasteiger partial charge in [0.15, 0.2) is 11.5 Å². The van der Waals surface area contributed by atoms with Gasteiger partial charge in [0, 0.05) is 6.07 Å². The summed E-state index contributed by atoms with van der Waals surface area (Å²) in [7, 11) is 1.40. The summed E-state index contributed by atoms with van der Waals surface area (Å²) in [5, 5.41) is 19.6. The van der Waals surface area contributed by atoms with Crippen LogP contribution in [0.1, 0.15) is 13.8 Å². The number of carboxylic acids is 1. The molecule has 1 aromatic rings. The lowest BCUT2D eigenvalue weighted by molar-refractivity contribution is -0.385. The Morgan fingerprint density at radius 3 is 2.53 bits per heavy atom. The number of aliphatic carboxylic acids is 1. The van der Waals surface area contributed by atoms with Crippen molar-refractivity contribution in [1.29, 1.82) is 0 Å². The van der Waals surface area contributed by atoms with Crippen molar-refractivity contribution in [2.45, 2.75) is 13.8 Å². The van der Waals surface area contributed by atoms with Crippen LogP contribution in [0.25, 0.3) is 0 Å². The number of rotatable bonds is 6. The molecule has 0 amide bonds. The van der Waals surface area contributed by atoms with E-state index in [1.807, 2.05) is 0 Å². The molecule has 0 aliphatic rings. The SMILES string of the molecule is COc1ccc([N+](=O)[O-])cc1OCC(C)(C)C(=O)O. The summed E-state index contributed by atoms with van der Waals surface area (Å²) in [6, 6.07) is 3.89. The van der Waals surface area contributed by atoms with Gasteiger partial charge in [-0.05, 0) is 19.9 Å². The molecule has 0 unspecified atom stereocenters. The number of nitro benzene ring substituents is 1. The highest BCUT2D eigenvalue weighted by Gasteiger charge is 2.28. The molecule has 0 fully saturated rings. The Morgan fingerprint density at radius 2 is 2.05 bits per heavy atom. The largest absolute Gasteiger partial charge is 0.493 e. The van der Waals surface area contributed by atoms with Gasteiger partial charge in [0.25, 0.3) is 5.69 Å². The molecule has 0 aromatic heterocycles. The summed E-state index contributed by atoms with van der Waals surface area (Å²) in [5.41, 5.74) is -1.25. The van der Waals surface area contributed by atoms with Crippen LogP contribution in [0.5, 0.6) is 11.5 Å². The Balaban J connectivity index is 2.96. The third-order valence-corrected chi connectivity index (χ3v) is 2.53. The molecule has 104 valence electrons. The summed E-state index contributed by atoms with van der Waals surface area (Å²) in [5.74, 6) is -0.560. The molecule has 0 atom stereocenters. The van der Waals surface area contributed by atoms with Gasteiger partial charge in [0.2, 0.25) is 0 Å². The number of carbonyl (C=O) groups is 1. The van der Waals surface area contributed by atoms with Crippen LogP contribution in [0.4, 0.5) is 5.69 Å². The summed E-state index contributed by atoms with van der Waals surface area (Å²) in [4.78, 5) is 21.1. The number of hydrogen-bond acceptors (Lipinski definition) is 5. The monoisotopic (exact) mass is 269 g/mol. The Labute approximate surface area is 109 Å². The Morgan fingerprint density at radius 1 is 1.42 bits per heavy atom. The van der Waals surface area contributed by atoms with Crippen molar-refractivity contribution in [1.82, 2.24) is 0 Å². The second-order valence-corrected chi connectivity index (χ2v) is 4.57. The van der Waals surface area contributed by atoms with E-state index in [4.69, 9.17) is 14.6 Å². The summed E-state index contributed by atoms with van der Waals surface area (Å²) in [6.45, 7) is 2.87. The van der Waals surface area contributed by atoms with E-state index >= 15 is 0 Å². The van der Waals surface area contributed by atoms with Crippen molar-refractivity contribution in [3.05, 3.63) is 28.3 Å². The van der Waals surface area contributed by atoms with Crippen LogP contribution in [0.3, 0.4) is 0 Å². The molecule has 0 bridgehead atoms. The Hall–Kier alpha value is -2.31. The van der Waals surface area contributed by atoms with Crippen LogP contribution in [-0.4, -0.2) is 29.7 Å². The molecule has 1 aromatic carbocycles. The van der Waals surface area contributed by atoms with Gasteiger partial charge in [-0.15, -0.1) is 0 Å². The molecule has 19 heavy (non-hydrogen) atoms. The van der Waals surface area contributed by atoms with E-state index in [1.54, 1.807) is 0 Å². The van der Waals surface area contributed by atoms with Gasteiger partial charge in [-0.25, -0.2) is 0 Å². The molecular formula is C12H15NO6. The first-order chi connectivity index (χ1) is 8.77. The zero-order valence-corrected chi connectivity index (χ0v) is 10.9. The van der Waals surface area contributed by atoms with Gasteiger partial charge in [-0.2, -0.15) is 0 Å². The quantitative estimate of drug-likeness (QED) is 0.627. The van der Waals surface area contributed by atoms with Gasteiger partial charge in [-0.1, -0.05) is 0 Å². The summed E-state index contributed by atoms with van der Waals surface area (Å²) >= 11 is 0. The molecule has 7 heteroatoms. The molecule has 0 aliphatic carbocycles. The van der Waals surface area contributed by atoms with Crippen molar-refractivity contribution in [2.75, 3.05) is 13.7 Å². The number of nitro groups is 1. The number of methoxy groups -OCH3 is 1. The second-order valence-electron chi connectivity index (χ2n) is 4.57. The van der Waals surface area contributed by atoms with E-state index in [2.05, 4.69) is 0 Å². The lowest BCUT2D eigenvalue weighted by Gasteiger charge is -2.20. The molecule has 0 radical (unpaired) electrons. The summed E-state index contributed by atoms with van der Waals surface area (Å²) in [6.07, 6.45) is 0. The minimum atomic E-state index is -1.10. The number of benzene rings is 1. The predicted molar refractivity (Wildman–Crippen MR) is 66.6 cm³/mol. The first-order valence-corrected chi connectivity index (χ1v) is 5.46. The average Bonchev–Trinajstić information content (AvgIpc) is 2.35. The van der Waals surface area contributed by atoms with Crippen LogP contribution in [0, 0.1) is 15.5 Å². The van der Waals surface area contributed by atoms with Gasteiger partial charge in [-0.3, -0.25) is 14.9 Å². The van der Waals surface area contributed by atoms with E-state index in [0.29, 0.717) is 5.75 Å². The first-order valence-electron chi connectivity index (χ1n) is 5.46. The highest BCUT2D eigenvalue weighted by molar-refractivity contribution is 5.73. The second kappa shape index (κ2) is 5.55. The van der Waals surface area contributed by atoms with Gasteiger partial charge in [0.1, 0.15) is 6.61 Å². The van der Waals surface area contributed by atoms with Crippen LogP contribution in [0.2, 0.25) is 0 Å². The molecule has 0 spiro atoms. The Kier molecular flexibility index (Phi) is 4.31. The lowest BCUT2D eigenvalue weighted by atomic mass is 9.95. The highest BCUT2D eigenvalue weighted by Crippen LogP contribution is 2.32. The molecule has 0 heterocycles. The van der Waals surface area contributed by atoms with Crippen molar-refractivity contribution in [2.24, 2.45) is 5.41 Å². The number of nitrogens with zero attached hydrogens (tertiary/aromatic N) is 1. The van der Waals surface area contributed by atoms with Crippen LogP contribution < -0.4 is 9.47 Å². The van der Waals surface area contributed by atoms with E-state index in [1.165, 1.54) is 39.2 Å². The van der Waals surface area contributed by atoms with Crippen molar-refractivity contribution in [3.63, 3.8) is 0 Å². The Bertz CT molecular complexity index is 497. The van der Waals surface area contributed by atoms with E-state index < -0.39 is 16.3 Å². The third kappa shape index (κ3) is 3.57. The zero-order valence-electron chi connectivity index (χ0n) is 10.9. The fourth-order valence-electron chi connectivity index (χ4n) is 1.21. The fraction of sp³-hybridized carbons (Fsp3) is 0.417. The smallest absolute Gasteiger partial charge is 0.312 e. The standard InChI is InChI=1S/C12H15NO6/c1-12(2,11(14)15)7-19-10-6-8(13(16)17)4-5-9(10)18-3/h4-6H,7H2,1-3H3,(H,14,15). The van der Waals surface area contributed by atoms with Crippen LogP contribution in [-0.2, 0) is 4.79 Å². The molecule has 0 saturated heterocycles. The highest BCUT2D eigenvalue weighted by atomic mass is 16.6. The number of ether oxygens (including phenoxy) is 2. The van der Waals surface area contributed by atoms with E-state index in [9.17, 15) is 14.9 Å². The fourth-order valence-corrected chi connectivity index (χ4v) is 1.21. The van der Waals surface area contributed by atoms with Crippen molar-refractivity contribution in [3.8, 4) is 11.5 Å². The maximum absolute atomic E-state index is 11.0. The minimum Gasteiger partial charge on any atom is -0.493 e. The van der Waals surface area contributed by atoms with Crippen molar-refractivity contribution >= 4 is 11.7 Å². The molecule has 0 aliphatic heterocycles. The normalized spacial score (nSPS) is 10.9. The summed E-state index contributed by atoms with van der Waals surface area (Å²) < 4.78 is 10.3. The third-order valence-electron chi connectivity index (χ3n) is 2.53. The van der Waals surface area contributed by atoms with E-state index in [-0.39, 0.29) is 18.0 Å². The van der Waals surface area contributed by atoms with Crippen molar-refractivity contribution < 1.29 is 24.3 Å². The molecule has 1 rings (SSSR count). The number of hydrogen-bond donors (Lipinski definition) is 1. The molecular weight excluding hydrogens is 254 g/mol. The first kappa shape index (κ1) is 14.7. The average molecular weight is 269 g/mol. The number of non-ortho nitro benzene ring substituents is 1. The minimum absolute atomic E-state index is 0.125. The van der Waals surface area contributed by atoms with Gasteiger partial charge < -0.3 is 14.6 Å².